The molecule has 0 aliphatic carbocycles. The van der Waals surface area contributed by atoms with Gasteiger partial charge in [0.1, 0.15) is 5.01 Å². The van der Waals surface area contributed by atoms with E-state index in [2.05, 4.69) is 9.88 Å². The normalized spacial score (nSPS) is 17.1. The zero-order valence-electron chi connectivity index (χ0n) is 9.52. The van der Waals surface area contributed by atoms with Crippen LogP contribution in [0.1, 0.15) is 23.5 Å². The van der Waals surface area contributed by atoms with Crippen molar-refractivity contribution < 1.29 is 4.74 Å². The van der Waals surface area contributed by atoms with Gasteiger partial charge in [-0.1, -0.05) is 0 Å². The van der Waals surface area contributed by atoms with Crippen LogP contribution in [0.25, 0.3) is 0 Å². The van der Waals surface area contributed by atoms with Crippen molar-refractivity contribution in [1.29, 1.82) is 0 Å². The summed E-state index contributed by atoms with van der Waals surface area (Å²) in [5, 5.41) is 3.01. The highest BCUT2D eigenvalue weighted by molar-refractivity contribution is 7.09. The molecule has 16 heavy (non-hydrogen) atoms. The molecule has 0 radical (unpaired) electrons. The molecule has 1 aliphatic heterocycles. The van der Waals surface area contributed by atoms with E-state index in [0.29, 0.717) is 13.2 Å². The van der Waals surface area contributed by atoms with E-state index in [1.807, 2.05) is 5.38 Å². The Morgan fingerprint density at radius 1 is 1.44 bits per heavy atom. The topological polar surface area (TPSA) is 51.4 Å². The van der Waals surface area contributed by atoms with Gasteiger partial charge in [0, 0.05) is 18.5 Å². The Hall–Kier alpha value is -0.490. The van der Waals surface area contributed by atoms with E-state index in [1.165, 1.54) is 25.9 Å². The molecule has 1 aromatic heterocycles. The lowest BCUT2D eigenvalue weighted by Gasteiger charge is -2.13. The molecule has 4 nitrogen and oxygen atoms in total. The monoisotopic (exact) mass is 241 g/mol. The third-order valence-corrected chi connectivity index (χ3v) is 3.69. The molecule has 0 aromatic carbocycles. The summed E-state index contributed by atoms with van der Waals surface area (Å²) in [6.07, 6.45) is 2.68. The molecule has 0 amide bonds. The van der Waals surface area contributed by atoms with E-state index in [4.69, 9.17) is 10.5 Å². The standard InChI is InChI=1S/C11H19N3OS/c12-7-11-13-10(9-16-11)8-15-6-5-14-3-1-2-4-14/h9H,1-8,12H2. The third-order valence-electron chi connectivity index (χ3n) is 2.77. The van der Waals surface area contributed by atoms with E-state index in [1.54, 1.807) is 11.3 Å². The van der Waals surface area contributed by atoms with Crippen molar-refractivity contribution in [3.63, 3.8) is 0 Å². The predicted octanol–water partition coefficient (Wildman–Crippen LogP) is 1.21. The maximum atomic E-state index is 5.60. The second-order valence-electron chi connectivity index (χ2n) is 4.04. The molecule has 1 saturated heterocycles. The highest BCUT2D eigenvalue weighted by Crippen LogP contribution is 2.10. The molecule has 0 bridgehead atoms. The second-order valence-corrected chi connectivity index (χ2v) is 4.98. The minimum absolute atomic E-state index is 0.526. The lowest BCUT2D eigenvalue weighted by atomic mass is 10.4. The number of hydrogen-bond donors (Lipinski definition) is 1. The summed E-state index contributed by atoms with van der Waals surface area (Å²) in [6.45, 7) is 5.46. The molecule has 2 N–H and O–H groups in total. The minimum Gasteiger partial charge on any atom is -0.374 e. The van der Waals surface area contributed by atoms with Crippen LogP contribution in [0.15, 0.2) is 5.38 Å². The van der Waals surface area contributed by atoms with Gasteiger partial charge in [-0.3, -0.25) is 0 Å². The summed E-state index contributed by atoms with van der Waals surface area (Å²) in [6, 6.07) is 0. The largest absolute Gasteiger partial charge is 0.374 e. The number of aromatic nitrogens is 1. The van der Waals surface area contributed by atoms with Crippen LogP contribution in [0.5, 0.6) is 0 Å². The molecule has 0 atom stereocenters. The summed E-state index contributed by atoms with van der Waals surface area (Å²) in [5.74, 6) is 0. The van der Waals surface area contributed by atoms with E-state index >= 15 is 0 Å². The van der Waals surface area contributed by atoms with Crippen molar-refractivity contribution in [3.05, 3.63) is 16.1 Å². The molecular formula is C11H19N3OS. The fourth-order valence-electron chi connectivity index (χ4n) is 1.89. The molecule has 1 aliphatic rings. The van der Waals surface area contributed by atoms with Crippen LogP contribution >= 0.6 is 11.3 Å². The predicted molar refractivity (Wildman–Crippen MR) is 65.3 cm³/mol. The fraction of sp³-hybridized carbons (Fsp3) is 0.727. The number of thiazole rings is 1. The van der Waals surface area contributed by atoms with Gasteiger partial charge in [-0.15, -0.1) is 11.3 Å². The van der Waals surface area contributed by atoms with Gasteiger partial charge in [0.25, 0.3) is 0 Å². The summed E-state index contributed by atoms with van der Waals surface area (Å²) in [5.41, 5.74) is 6.51. The number of ether oxygens (including phenoxy) is 1. The van der Waals surface area contributed by atoms with Gasteiger partial charge >= 0.3 is 0 Å². The minimum atomic E-state index is 0.526. The zero-order valence-corrected chi connectivity index (χ0v) is 10.3. The van der Waals surface area contributed by atoms with Crippen molar-refractivity contribution in [3.8, 4) is 0 Å². The Morgan fingerprint density at radius 2 is 2.25 bits per heavy atom. The fourth-order valence-corrected chi connectivity index (χ4v) is 2.54. The van der Waals surface area contributed by atoms with Gasteiger partial charge in [-0.25, -0.2) is 4.98 Å². The highest BCUT2D eigenvalue weighted by atomic mass is 32.1. The molecule has 2 rings (SSSR count). The lowest BCUT2D eigenvalue weighted by Crippen LogP contribution is -2.23. The maximum Gasteiger partial charge on any atom is 0.107 e. The van der Waals surface area contributed by atoms with Crippen LogP contribution in [0.3, 0.4) is 0 Å². The van der Waals surface area contributed by atoms with Gasteiger partial charge in [-0.05, 0) is 25.9 Å². The molecule has 0 unspecified atom stereocenters. The SMILES string of the molecule is NCc1nc(COCCN2CCCC2)cs1. The molecule has 0 spiro atoms. The third kappa shape index (κ3) is 3.52. The molecule has 1 aromatic rings. The molecule has 5 heteroatoms. The Balaban J connectivity index is 1.60. The van der Waals surface area contributed by atoms with Crippen molar-refractivity contribution in [2.75, 3.05) is 26.2 Å². The Labute approximate surface area is 100 Å². The Bertz CT molecular complexity index is 310. The number of nitrogens with zero attached hydrogens (tertiary/aromatic N) is 2. The lowest BCUT2D eigenvalue weighted by molar-refractivity contribution is 0.0974. The van der Waals surface area contributed by atoms with E-state index in [9.17, 15) is 0 Å². The van der Waals surface area contributed by atoms with Crippen LogP contribution in [0.2, 0.25) is 0 Å². The summed E-state index contributed by atoms with van der Waals surface area (Å²) >= 11 is 1.61. The average Bonchev–Trinajstić information content (AvgIpc) is 2.95. The molecular weight excluding hydrogens is 222 g/mol. The number of nitrogens with two attached hydrogens (primary N) is 1. The van der Waals surface area contributed by atoms with Crippen LogP contribution in [-0.2, 0) is 17.9 Å². The number of hydrogen-bond acceptors (Lipinski definition) is 5. The highest BCUT2D eigenvalue weighted by Gasteiger charge is 2.10. The molecule has 90 valence electrons. The average molecular weight is 241 g/mol. The maximum absolute atomic E-state index is 5.60. The van der Waals surface area contributed by atoms with Crippen LogP contribution < -0.4 is 5.73 Å². The first-order valence-electron chi connectivity index (χ1n) is 5.82. The van der Waals surface area contributed by atoms with Gasteiger partial charge in [0.05, 0.1) is 18.9 Å². The number of likely N-dealkylation sites (tertiary alicyclic amines) is 1. The van der Waals surface area contributed by atoms with E-state index < -0.39 is 0 Å². The van der Waals surface area contributed by atoms with Crippen molar-refractivity contribution in [2.45, 2.75) is 26.0 Å². The Morgan fingerprint density at radius 3 is 2.94 bits per heavy atom. The van der Waals surface area contributed by atoms with Gasteiger partial charge in [0.2, 0.25) is 0 Å². The van der Waals surface area contributed by atoms with E-state index in [0.717, 1.165) is 23.9 Å². The zero-order chi connectivity index (χ0) is 11.2. The van der Waals surface area contributed by atoms with Crippen molar-refractivity contribution in [1.82, 2.24) is 9.88 Å². The molecule has 1 fully saturated rings. The summed E-state index contributed by atoms with van der Waals surface area (Å²) in [7, 11) is 0. The van der Waals surface area contributed by atoms with Gasteiger partial charge in [0.15, 0.2) is 0 Å². The van der Waals surface area contributed by atoms with Crippen LogP contribution in [0, 0.1) is 0 Å². The first kappa shape index (κ1) is 12.0. The first-order chi connectivity index (χ1) is 7.88. The molecule has 0 saturated carbocycles. The summed E-state index contributed by atoms with van der Waals surface area (Å²) in [4.78, 5) is 6.80. The van der Waals surface area contributed by atoms with Crippen molar-refractivity contribution in [2.24, 2.45) is 5.73 Å². The van der Waals surface area contributed by atoms with Gasteiger partial charge < -0.3 is 15.4 Å². The number of rotatable bonds is 6. The van der Waals surface area contributed by atoms with Crippen LogP contribution in [-0.4, -0.2) is 36.1 Å². The first-order valence-corrected chi connectivity index (χ1v) is 6.70. The van der Waals surface area contributed by atoms with Gasteiger partial charge in [-0.2, -0.15) is 0 Å². The molecule has 2 heterocycles. The summed E-state index contributed by atoms with van der Waals surface area (Å²) < 4.78 is 5.60. The van der Waals surface area contributed by atoms with Crippen molar-refractivity contribution >= 4 is 11.3 Å². The smallest absolute Gasteiger partial charge is 0.107 e. The van der Waals surface area contributed by atoms with E-state index in [-0.39, 0.29) is 0 Å². The van der Waals surface area contributed by atoms with Crippen LogP contribution in [0.4, 0.5) is 0 Å². The second kappa shape index (κ2) is 6.30. The Kier molecular flexibility index (Phi) is 4.71. The quantitative estimate of drug-likeness (QED) is 0.761.